The molecule has 80 valence electrons. The molecule has 0 aromatic carbocycles. The highest BCUT2D eigenvalue weighted by atomic mass is 16.6. The number of hydrogen-bond donors (Lipinski definition) is 0. The van der Waals surface area contributed by atoms with Gasteiger partial charge >= 0.3 is 5.97 Å². The van der Waals surface area contributed by atoms with E-state index in [-0.39, 0.29) is 29.7 Å². The molecule has 2 rings (SSSR count). The molecule has 5 heteroatoms. The van der Waals surface area contributed by atoms with Crippen molar-refractivity contribution in [3.8, 4) is 0 Å². The Labute approximate surface area is 86.6 Å². The third-order valence-corrected chi connectivity index (χ3v) is 2.77. The lowest BCUT2D eigenvalue weighted by Crippen LogP contribution is -2.17. The minimum atomic E-state index is -0.541. The average molecular weight is 209 g/mol. The van der Waals surface area contributed by atoms with Gasteiger partial charge in [0, 0.05) is 5.92 Å². The van der Waals surface area contributed by atoms with E-state index < -0.39 is 10.9 Å². The Hall–Kier alpha value is -1.65. The van der Waals surface area contributed by atoms with Crippen LogP contribution in [0.1, 0.15) is 13.3 Å². The first-order valence-corrected chi connectivity index (χ1v) is 4.89. The zero-order valence-corrected chi connectivity index (χ0v) is 8.30. The number of carbonyl (C=O) groups excluding carboxylic acids is 1. The third kappa shape index (κ3) is 1.44. The van der Waals surface area contributed by atoms with Gasteiger partial charge in [0.05, 0.1) is 17.4 Å². The summed E-state index contributed by atoms with van der Waals surface area (Å²) in [5.41, 5.74) is 0.273. The van der Waals surface area contributed by atoms with E-state index in [4.69, 9.17) is 4.74 Å². The van der Waals surface area contributed by atoms with Crippen LogP contribution >= 0.6 is 0 Å². The molecule has 2 aliphatic carbocycles. The summed E-state index contributed by atoms with van der Waals surface area (Å²) in [6, 6.07) is 0. The Morgan fingerprint density at radius 3 is 2.87 bits per heavy atom. The number of carbonyl (C=O) groups is 1. The molecular formula is C10H11NO4. The summed E-state index contributed by atoms with van der Waals surface area (Å²) in [6.07, 6.45) is 4.29. The van der Waals surface area contributed by atoms with Crippen molar-refractivity contribution < 1.29 is 14.5 Å². The van der Waals surface area contributed by atoms with Gasteiger partial charge in [0.25, 0.3) is 5.70 Å². The van der Waals surface area contributed by atoms with E-state index in [1.54, 1.807) is 13.0 Å². The predicted octanol–water partition coefficient (Wildman–Crippen LogP) is 1.29. The van der Waals surface area contributed by atoms with Crippen LogP contribution in [0.5, 0.6) is 0 Å². The smallest absolute Gasteiger partial charge is 0.341 e. The van der Waals surface area contributed by atoms with E-state index in [1.807, 2.05) is 6.08 Å². The van der Waals surface area contributed by atoms with Crippen molar-refractivity contribution >= 4 is 5.97 Å². The van der Waals surface area contributed by atoms with Gasteiger partial charge in [-0.25, -0.2) is 4.79 Å². The van der Waals surface area contributed by atoms with Gasteiger partial charge in [0.2, 0.25) is 0 Å². The Morgan fingerprint density at radius 1 is 1.60 bits per heavy atom. The first kappa shape index (κ1) is 9.89. The minimum Gasteiger partial charge on any atom is -0.462 e. The number of fused-ring (bicyclic) bond motifs is 2. The normalized spacial score (nSPS) is 27.3. The molecule has 0 saturated carbocycles. The van der Waals surface area contributed by atoms with Crippen LogP contribution in [0.25, 0.3) is 0 Å². The van der Waals surface area contributed by atoms with E-state index in [1.165, 1.54) is 0 Å². The lowest BCUT2D eigenvalue weighted by atomic mass is 10.0. The largest absolute Gasteiger partial charge is 0.462 e. The van der Waals surface area contributed by atoms with Gasteiger partial charge in [-0.05, 0) is 13.3 Å². The molecule has 2 unspecified atom stereocenters. The van der Waals surface area contributed by atoms with E-state index in [0.29, 0.717) is 6.42 Å². The van der Waals surface area contributed by atoms with Gasteiger partial charge in [-0.15, -0.1) is 0 Å². The molecule has 0 saturated heterocycles. The molecular weight excluding hydrogens is 198 g/mol. The number of allylic oxidation sites excluding steroid dienone is 2. The van der Waals surface area contributed by atoms with Gasteiger partial charge in [0.1, 0.15) is 5.57 Å². The zero-order chi connectivity index (χ0) is 11.0. The standard InChI is InChI=1S/C10H11NO4/c1-2-15-10(12)8-6-3-4-7(5-6)9(8)11(13)14/h3-4,6-7H,2,5H2,1H3. The summed E-state index contributed by atoms with van der Waals surface area (Å²) < 4.78 is 4.82. The van der Waals surface area contributed by atoms with Crippen LogP contribution in [0.2, 0.25) is 0 Å². The molecule has 0 aromatic rings. The topological polar surface area (TPSA) is 69.4 Å². The Morgan fingerprint density at radius 2 is 2.27 bits per heavy atom. The lowest BCUT2D eigenvalue weighted by Gasteiger charge is -2.08. The van der Waals surface area contributed by atoms with Crippen LogP contribution in [0.15, 0.2) is 23.4 Å². The molecule has 0 radical (unpaired) electrons. The first-order chi connectivity index (χ1) is 7.15. The SMILES string of the molecule is CCOC(=O)C1=C([N+](=O)[O-])C2C=CC1C2. The Bertz CT molecular complexity index is 383. The van der Waals surface area contributed by atoms with Crippen LogP contribution in [0, 0.1) is 22.0 Å². The van der Waals surface area contributed by atoms with Crippen molar-refractivity contribution in [1.29, 1.82) is 0 Å². The number of rotatable bonds is 3. The van der Waals surface area contributed by atoms with Crippen molar-refractivity contribution in [2.24, 2.45) is 11.8 Å². The maximum absolute atomic E-state index is 11.5. The molecule has 15 heavy (non-hydrogen) atoms. The van der Waals surface area contributed by atoms with E-state index in [9.17, 15) is 14.9 Å². The molecule has 0 amide bonds. The van der Waals surface area contributed by atoms with Crippen molar-refractivity contribution in [2.75, 3.05) is 6.61 Å². The fourth-order valence-corrected chi connectivity index (χ4v) is 2.20. The number of esters is 1. The summed E-state index contributed by atoms with van der Waals surface area (Å²) in [6.45, 7) is 1.93. The van der Waals surface area contributed by atoms with Crippen LogP contribution in [0.4, 0.5) is 0 Å². The second-order valence-corrected chi connectivity index (χ2v) is 3.61. The molecule has 0 aromatic heterocycles. The highest BCUT2D eigenvalue weighted by molar-refractivity contribution is 5.91. The molecule has 0 spiro atoms. The second kappa shape index (κ2) is 3.49. The summed E-state index contributed by atoms with van der Waals surface area (Å²) in [5, 5.41) is 10.8. The van der Waals surface area contributed by atoms with Crippen molar-refractivity contribution in [3.05, 3.63) is 33.5 Å². The summed E-state index contributed by atoms with van der Waals surface area (Å²) in [4.78, 5) is 21.9. The third-order valence-electron chi connectivity index (χ3n) is 2.77. The van der Waals surface area contributed by atoms with Gasteiger partial charge in [-0.2, -0.15) is 0 Å². The zero-order valence-electron chi connectivity index (χ0n) is 8.30. The van der Waals surface area contributed by atoms with E-state index in [2.05, 4.69) is 0 Å². The molecule has 2 aliphatic rings. The van der Waals surface area contributed by atoms with Crippen molar-refractivity contribution in [2.45, 2.75) is 13.3 Å². The highest BCUT2D eigenvalue weighted by Gasteiger charge is 2.46. The Balaban J connectivity index is 2.34. The molecule has 0 N–H and O–H groups in total. The fourth-order valence-electron chi connectivity index (χ4n) is 2.20. The van der Waals surface area contributed by atoms with Gasteiger partial charge in [-0.1, -0.05) is 12.2 Å². The maximum Gasteiger partial charge on any atom is 0.341 e. The quantitative estimate of drug-likeness (QED) is 0.304. The van der Waals surface area contributed by atoms with Crippen molar-refractivity contribution in [3.63, 3.8) is 0 Å². The molecule has 0 heterocycles. The average Bonchev–Trinajstić information content (AvgIpc) is 2.76. The van der Waals surface area contributed by atoms with Crippen LogP contribution in [-0.4, -0.2) is 17.5 Å². The maximum atomic E-state index is 11.5. The molecule has 2 atom stereocenters. The summed E-state index contributed by atoms with van der Waals surface area (Å²) in [5.74, 6) is -0.861. The monoisotopic (exact) mass is 209 g/mol. The first-order valence-electron chi connectivity index (χ1n) is 4.89. The van der Waals surface area contributed by atoms with Gasteiger partial charge < -0.3 is 4.74 Å². The number of hydrogen-bond acceptors (Lipinski definition) is 4. The van der Waals surface area contributed by atoms with E-state index >= 15 is 0 Å². The molecule has 0 aliphatic heterocycles. The molecule has 2 bridgehead atoms. The molecule has 0 fully saturated rings. The Kier molecular flexibility index (Phi) is 2.30. The van der Waals surface area contributed by atoms with Crippen LogP contribution in [-0.2, 0) is 9.53 Å². The predicted molar refractivity (Wildman–Crippen MR) is 51.4 cm³/mol. The fraction of sp³-hybridized carbons (Fsp3) is 0.500. The summed E-state index contributed by atoms with van der Waals surface area (Å²) in [7, 11) is 0. The second-order valence-electron chi connectivity index (χ2n) is 3.61. The van der Waals surface area contributed by atoms with E-state index in [0.717, 1.165) is 0 Å². The number of ether oxygens (including phenoxy) is 1. The van der Waals surface area contributed by atoms with Crippen molar-refractivity contribution in [1.82, 2.24) is 0 Å². The van der Waals surface area contributed by atoms with Crippen LogP contribution < -0.4 is 0 Å². The van der Waals surface area contributed by atoms with Gasteiger partial charge in [-0.3, -0.25) is 10.1 Å². The highest BCUT2D eigenvalue weighted by Crippen LogP contribution is 2.44. The number of nitrogens with zero attached hydrogens (tertiary/aromatic N) is 1. The van der Waals surface area contributed by atoms with Crippen LogP contribution in [0.3, 0.4) is 0 Å². The van der Waals surface area contributed by atoms with Gasteiger partial charge in [0.15, 0.2) is 0 Å². The summed E-state index contributed by atoms with van der Waals surface area (Å²) >= 11 is 0. The molecule has 5 nitrogen and oxygen atoms in total. The minimum absolute atomic E-state index is 0.0287. The lowest BCUT2D eigenvalue weighted by molar-refractivity contribution is -0.431. The number of nitro groups is 1.